The first-order valence-electron chi connectivity index (χ1n) is 6.89. The highest BCUT2D eigenvalue weighted by molar-refractivity contribution is 5.99. The molecule has 1 atom stereocenters. The third-order valence-corrected chi connectivity index (χ3v) is 3.76. The lowest BCUT2D eigenvalue weighted by Crippen LogP contribution is -2.23. The quantitative estimate of drug-likeness (QED) is 0.739. The molecule has 0 heterocycles. The second kappa shape index (κ2) is 6.14. The first-order valence-corrected chi connectivity index (χ1v) is 6.89. The predicted molar refractivity (Wildman–Crippen MR) is 72.9 cm³/mol. The van der Waals surface area contributed by atoms with E-state index in [2.05, 4.69) is 0 Å². The molecule has 98 valence electrons. The zero-order valence-electron chi connectivity index (χ0n) is 11.3. The molecule has 0 N–H and O–H groups in total. The third kappa shape index (κ3) is 3.42. The molecule has 1 unspecified atom stereocenters. The van der Waals surface area contributed by atoms with Crippen LogP contribution < -0.4 is 0 Å². The van der Waals surface area contributed by atoms with Crippen molar-refractivity contribution in [3.05, 3.63) is 35.4 Å². The summed E-state index contributed by atoms with van der Waals surface area (Å²) in [6, 6.07) is 7.70. The topological polar surface area (TPSA) is 26.3 Å². The van der Waals surface area contributed by atoms with Crippen molar-refractivity contribution in [3.8, 4) is 0 Å². The van der Waals surface area contributed by atoms with E-state index < -0.39 is 0 Å². The average molecular weight is 246 g/mol. The van der Waals surface area contributed by atoms with Crippen molar-refractivity contribution in [2.45, 2.75) is 45.6 Å². The highest BCUT2D eigenvalue weighted by Crippen LogP contribution is 2.25. The van der Waals surface area contributed by atoms with Crippen molar-refractivity contribution in [1.29, 1.82) is 0 Å². The molecule has 0 radical (unpaired) electrons. The Kier molecular flexibility index (Phi) is 4.54. The molecule has 0 amide bonds. The molecular weight excluding hydrogens is 224 g/mol. The van der Waals surface area contributed by atoms with Crippen LogP contribution in [-0.4, -0.2) is 18.5 Å². The molecule has 1 fully saturated rings. The molecule has 0 aliphatic heterocycles. The van der Waals surface area contributed by atoms with E-state index >= 15 is 0 Å². The van der Waals surface area contributed by atoms with Crippen LogP contribution in [0.2, 0.25) is 0 Å². The molecule has 2 heteroatoms. The Hall–Kier alpha value is -1.15. The van der Waals surface area contributed by atoms with Gasteiger partial charge in [-0.25, -0.2) is 0 Å². The normalized spacial score (nSPS) is 17.9. The molecule has 1 saturated carbocycles. The van der Waals surface area contributed by atoms with E-state index in [4.69, 9.17) is 4.74 Å². The Morgan fingerprint density at radius 2 is 1.89 bits per heavy atom. The van der Waals surface area contributed by atoms with E-state index in [0.29, 0.717) is 5.92 Å². The van der Waals surface area contributed by atoms with Crippen LogP contribution in [0.1, 0.15) is 48.5 Å². The SMILES string of the molecule is Cc1ccc(C(=O)C(C)OCC2CCCC2)cc1. The van der Waals surface area contributed by atoms with Gasteiger partial charge in [0.1, 0.15) is 6.10 Å². The second-order valence-electron chi connectivity index (χ2n) is 5.36. The molecule has 2 nitrogen and oxygen atoms in total. The van der Waals surface area contributed by atoms with E-state index in [1.165, 1.54) is 31.2 Å². The van der Waals surface area contributed by atoms with Crippen LogP contribution in [0.3, 0.4) is 0 Å². The molecule has 0 spiro atoms. The monoisotopic (exact) mass is 246 g/mol. The number of aryl methyl sites for hydroxylation is 1. The van der Waals surface area contributed by atoms with Crippen LogP contribution in [0, 0.1) is 12.8 Å². The van der Waals surface area contributed by atoms with Gasteiger partial charge in [-0.3, -0.25) is 4.79 Å². The fourth-order valence-electron chi connectivity index (χ4n) is 2.49. The van der Waals surface area contributed by atoms with Gasteiger partial charge in [0.05, 0.1) is 6.61 Å². The Labute approximate surface area is 109 Å². The van der Waals surface area contributed by atoms with Gasteiger partial charge in [-0.05, 0) is 32.6 Å². The zero-order valence-corrected chi connectivity index (χ0v) is 11.3. The number of carbonyl (C=O) groups excluding carboxylic acids is 1. The summed E-state index contributed by atoms with van der Waals surface area (Å²) in [6.45, 7) is 4.62. The summed E-state index contributed by atoms with van der Waals surface area (Å²) in [4.78, 5) is 12.1. The zero-order chi connectivity index (χ0) is 13.0. The molecule has 1 aliphatic rings. The number of hydrogen-bond acceptors (Lipinski definition) is 2. The number of ketones is 1. The lowest BCUT2D eigenvalue weighted by molar-refractivity contribution is 0.0351. The van der Waals surface area contributed by atoms with Crippen molar-refractivity contribution >= 4 is 5.78 Å². The summed E-state index contributed by atoms with van der Waals surface area (Å²) in [5, 5.41) is 0. The second-order valence-corrected chi connectivity index (χ2v) is 5.36. The standard InChI is InChI=1S/C16H22O2/c1-12-7-9-15(10-8-12)16(17)13(2)18-11-14-5-3-4-6-14/h7-10,13-14H,3-6,11H2,1-2H3. The van der Waals surface area contributed by atoms with Crippen molar-refractivity contribution in [1.82, 2.24) is 0 Å². The van der Waals surface area contributed by atoms with Crippen LogP contribution in [0.25, 0.3) is 0 Å². The van der Waals surface area contributed by atoms with Gasteiger partial charge in [0.2, 0.25) is 0 Å². The molecule has 0 saturated heterocycles. The van der Waals surface area contributed by atoms with Gasteiger partial charge in [0, 0.05) is 5.56 Å². The van der Waals surface area contributed by atoms with Gasteiger partial charge < -0.3 is 4.74 Å². The van der Waals surface area contributed by atoms with E-state index in [0.717, 1.165) is 12.2 Å². The number of Topliss-reactive ketones (excluding diaryl/α,β-unsaturated/α-hetero) is 1. The van der Waals surface area contributed by atoms with Gasteiger partial charge in [0.15, 0.2) is 5.78 Å². The summed E-state index contributed by atoms with van der Waals surface area (Å²) in [6.07, 6.45) is 4.81. The first kappa shape index (κ1) is 13.3. The number of ether oxygens (including phenoxy) is 1. The van der Waals surface area contributed by atoms with Gasteiger partial charge >= 0.3 is 0 Å². The van der Waals surface area contributed by atoms with Crippen LogP contribution in [0.4, 0.5) is 0 Å². The average Bonchev–Trinajstić information content (AvgIpc) is 2.89. The van der Waals surface area contributed by atoms with E-state index in [1.54, 1.807) is 0 Å². The van der Waals surface area contributed by atoms with Crippen LogP contribution in [0.5, 0.6) is 0 Å². The largest absolute Gasteiger partial charge is 0.370 e. The smallest absolute Gasteiger partial charge is 0.191 e. The fourth-order valence-corrected chi connectivity index (χ4v) is 2.49. The number of benzene rings is 1. The molecule has 1 aromatic rings. The maximum absolute atomic E-state index is 12.1. The van der Waals surface area contributed by atoms with Crippen molar-refractivity contribution in [2.75, 3.05) is 6.61 Å². The van der Waals surface area contributed by atoms with Crippen LogP contribution in [0.15, 0.2) is 24.3 Å². The van der Waals surface area contributed by atoms with Crippen LogP contribution >= 0.6 is 0 Å². The Morgan fingerprint density at radius 3 is 2.50 bits per heavy atom. The summed E-state index contributed by atoms with van der Waals surface area (Å²) in [5.74, 6) is 0.756. The molecule has 1 aliphatic carbocycles. The Bertz CT molecular complexity index is 388. The number of hydrogen-bond donors (Lipinski definition) is 0. The van der Waals surface area contributed by atoms with E-state index in [9.17, 15) is 4.79 Å². The molecule has 18 heavy (non-hydrogen) atoms. The van der Waals surface area contributed by atoms with Gasteiger partial charge in [-0.2, -0.15) is 0 Å². The maximum Gasteiger partial charge on any atom is 0.191 e. The number of rotatable bonds is 5. The lowest BCUT2D eigenvalue weighted by Gasteiger charge is -2.15. The minimum atomic E-state index is -0.326. The highest BCUT2D eigenvalue weighted by atomic mass is 16.5. The highest BCUT2D eigenvalue weighted by Gasteiger charge is 2.20. The molecular formula is C16H22O2. The van der Waals surface area contributed by atoms with Crippen LogP contribution in [-0.2, 0) is 4.74 Å². The molecule has 0 aromatic heterocycles. The summed E-state index contributed by atoms with van der Waals surface area (Å²) in [5.41, 5.74) is 1.92. The minimum Gasteiger partial charge on any atom is -0.370 e. The summed E-state index contributed by atoms with van der Waals surface area (Å²) in [7, 11) is 0. The molecule has 0 bridgehead atoms. The number of carbonyl (C=O) groups is 1. The third-order valence-electron chi connectivity index (χ3n) is 3.76. The van der Waals surface area contributed by atoms with Gasteiger partial charge in [-0.1, -0.05) is 42.7 Å². The fraction of sp³-hybridized carbons (Fsp3) is 0.562. The predicted octanol–water partition coefficient (Wildman–Crippen LogP) is 3.77. The van der Waals surface area contributed by atoms with Crippen molar-refractivity contribution < 1.29 is 9.53 Å². The first-order chi connectivity index (χ1) is 8.66. The molecule has 1 aromatic carbocycles. The Morgan fingerprint density at radius 1 is 1.28 bits per heavy atom. The van der Waals surface area contributed by atoms with E-state index in [-0.39, 0.29) is 11.9 Å². The Balaban J connectivity index is 1.85. The van der Waals surface area contributed by atoms with Gasteiger partial charge in [0.25, 0.3) is 0 Å². The van der Waals surface area contributed by atoms with Gasteiger partial charge in [-0.15, -0.1) is 0 Å². The van der Waals surface area contributed by atoms with Crippen molar-refractivity contribution in [3.63, 3.8) is 0 Å². The maximum atomic E-state index is 12.1. The van der Waals surface area contributed by atoms with E-state index in [1.807, 2.05) is 38.1 Å². The molecule has 2 rings (SSSR count). The van der Waals surface area contributed by atoms with Crippen molar-refractivity contribution in [2.24, 2.45) is 5.92 Å². The minimum absolute atomic E-state index is 0.0907. The summed E-state index contributed by atoms with van der Waals surface area (Å²) >= 11 is 0. The summed E-state index contributed by atoms with van der Waals surface area (Å²) < 4.78 is 5.72. The lowest BCUT2D eigenvalue weighted by atomic mass is 10.1.